The van der Waals surface area contributed by atoms with Crippen molar-refractivity contribution < 1.29 is 9.59 Å². The van der Waals surface area contributed by atoms with Gasteiger partial charge in [0.2, 0.25) is 5.91 Å². The van der Waals surface area contributed by atoms with Crippen LogP contribution in [0.3, 0.4) is 0 Å². The van der Waals surface area contributed by atoms with Crippen molar-refractivity contribution >= 4 is 23.6 Å². The van der Waals surface area contributed by atoms with Gasteiger partial charge in [0, 0.05) is 68.7 Å². The molecule has 2 heterocycles. The number of piperidine rings is 1. The average Bonchev–Trinajstić information content (AvgIpc) is 2.83. The first-order valence-corrected chi connectivity index (χ1v) is 11.2. The number of piperazine rings is 1. The summed E-state index contributed by atoms with van der Waals surface area (Å²) in [5.74, 6) is 0.217. The molecule has 2 saturated heterocycles. The number of carbonyl (C=O) groups excluding carboxylic acids is 2. The van der Waals surface area contributed by atoms with Crippen molar-refractivity contribution in [1.82, 2.24) is 10.2 Å². The van der Waals surface area contributed by atoms with Gasteiger partial charge >= 0.3 is 0 Å². The van der Waals surface area contributed by atoms with Crippen LogP contribution in [-0.2, 0) is 11.3 Å². The zero-order valence-corrected chi connectivity index (χ0v) is 18.3. The lowest BCUT2D eigenvalue weighted by molar-refractivity contribution is -0.125. The van der Waals surface area contributed by atoms with Crippen LogP contribution in [0.1, 0.15) is 28.8 Å². The van der Waals surface area contributed by atoms with Crippen LogP contribution in [0.2, 0.25) is 0 Å². The number of hydrogen-bond acceptors (Lipinski definition) is 5. The molecule has 6 heteroatoms. The molecule has 2 aliphatic heterocycles. The molecule has 1 amide bonds. The highest BCUT2D eigenvalue weighted by Crippen LogP contribution is 2.24. The zero-order valence-electron chi connectivity index (χ0n) is 18.3. The number of nitrogens with one attached hydrogen (secondary N) is 1. The maximum atomic E-state index is 12.7. The molecule has 6 nitrogen and oxygen atoms in total. The van der Waals surface area contributed by atoms with E-state index in [9.17, 15) is 9.59 Å². The Hall–Kier alpha value is -2.86. The minimum absolute atomic E-state index is 0.0649. The quantitative estimate of drug-likeness (QED) is 0.729. The van der Waals surface area contributed by atoms with Crippen molar-refractivity contribution in [2.45, 2.75) is 19.4 Å². The van der Waals surface area contributed by atoms with Crippen molar-refractivity contribution in [1.29, 1.82) is 0 Å². The molecule has 4 rings (SSSR count). The average molecular weight is 421 g/mol. The molecule has 2 aromatic carbocycles. The summed E-state index contributed by atoms with van der Waals surface area (Å²) in [5.41, 5.74) is 4.20. The summed E-state index contributed by atoms with van der Waals surface area (Å²) in [6, 6.07) is 16.2. The summed E-state index contributed by atoms with van der Waals surface area (Å²) in [4.78, 5) is 30.5. The van der Waals surface area contributed by atoms with Crippen molar-refractivity contribution in [2.75, 3.05) is 56.1 Å². The lowest BCUT2D eigenvalue weighted by Gasteiger charge is -2.34. The SMILES string of the molecule is CN1CCN(c2ccc(CNC(=O)C3CCN(c4ccc(C=O)cc4)CC3)cc2)CC1. The van der Waals surface area contributed by atoms with E-state index in [1.807, 2.05) is 24.3 Å². The van der Waals surface area contributed by atoms with Gasteiger partial charge in [0.1, 0.15) is 6.29 Å². The Morgan fingerprint density at radius 2 is 1.42 bits per heavy atom. The van der Waals surface area contributed by atoms with Crippen LogP contribution in [0.5, 0.6) is 0 Å². The number of rotatable bonds is 6. The van der Waals surface area contributed by atoms with Gasteiger partial charge < -0.3 is 20.0 Å². The van der Waals surface area contributed by atoms with Gasteiger partial charge in [0.15, 0.2) is 0 Å². The van der Waals surface area contributed by atoms with Crippen molar-refractivity contribution in [3.8, 4) is 0 Å². The largest absolute Gasteiger partial charge is 0.371 e. The van der Waals surface area contributed by atoms with Crippen LogP contribution in [-0.4, -0.2) is 63.4 Å². The second-order valence-electron chi connectivity index (χ2n) is 8.65. The molecule has 164 valence electrons. The molecular formula is C25H32N4O2. The minimum atomic E-state index is 0.0649. The van der Waals surface area contributed by atoms with Crippen LogP contribution >= 0.6 is 0 Å². The number of nitrogens with zero attached hydrogens (tertiary/aromatic N) is 3. The summed E-state index contributed by atoms with van der Waals surface area (Å²) in [6.07, 6.45) is 2.56. The number of likely N-dealkylation sites (N-methyl/N-ethyl adjacent to an activating group) is 1. The Morgan fingerprint density at radius 1 is 0.871 bits per heavy atom. The summed E-state index contributed by atoms with van der Waals surface area (Å²) in [5, 5.41) is 3.13. The number of hydrogen-bond donors (Lipinski definition) is 1. The van der Waals surface area contributed by atoms with E-state index in [0.29, 0.717) is 12.1 Å². The van der Waals surface area contributed by atoms with E-state index < -0.39 is 0 Å². The normalized spacial score (nSPS) is 18.1. The van der Waals surface area contributed by atoms with E-state index in [2.05, 4.69) is 51.3 Å². The second-order valence-corrected chi connectivity index (χ2v) is 8.65. The van der Waals surface area contributed by atoms with Gasteiger partial charge in [-0.3, -0.25) is 9.59 Å². The van der Waals surface area contributed by atoms with E-state index >= 15 is 0 Å². The summed E-state index contributed by atoms with van der Waals surface area (Å²) < 4.78 is 0. The van der Waals surface area contributed by atoms with E-state index in [0.717, 1.165) is 69.6 Å². The van der Waals surface area contributed by atoms with Gasteiger partial charge in [-0.25, -0.2) is 0 Å². The zero-order chi connectivity index (χ0) is 21.6. The van der Waals surface area contributed by atoms with Gasteiger partial charge in [0.05, 0.1) is 0 Å². The highest BCUT2D eigenvalue weighted by atomic mass is 16.1. The third-order valence-electron chi connectivity index (χ3n) is 6.53. The van der Waals surface area contributed by atoms with Crippen molar-refractivity contribution in [3.05, 3.63) is 59.7 Å². The highest BCUT2D eigenvalue weighted by molar-refractivity contribution is 5.79. The van der Waals surface area contributed by atoms with Gasteiger partial charge in [-0.05, 0) is 61.9 Å². The number of aldehydes is 1. The van der Waals surface area contributed by atoms with Crippen molar-refractivity contribution in [3.63, 3.8) is 0 Å². The molecule has 1 N–H and O–H groups in total. The second kappa shape index (κ2) is 9.96. The molecular weight excluding hydrogens is 388 g/mol. The first-order valence-electron chi connectivity index (χ1n) is 11.2. The van der Waals surface area contributed by atoms with Gasteiger partial charge in [-0.2, -0.15) is 0 Å². The number of benzene rings is 2. The number of anilines is 2. The molecule has 0 radical (unpaired) electrons. The highest BCUT2D eigenvalue weighted by Gasteiger charge is 2.25. The molecule has 0 saturated carbocycles. The van der Waals surface area contributed by atoms with Crippen LogP contribution in [0, 0.1) is 5.92 Å². The fourth-order valence-corrected chi connectivity index (χ4v) is 4.39. The van der Waals surface area contributed by atoms with E-state index in [1.54, 1.807) is 0 Å². The lowest BCUT2D eigenvalue weighted by Crippen LogP contribution is -2.44. The molecule has 2 aromatic rings. The lowest BCUT2D eigenvalue weighted by atomic mass is 9.95. The maximum absolute atomic E-state index is 12.7. The third kappa shape index (κ3) is 5.44. The van der Waals surface area contributed by atoms with Gasteiger partial charge in [-0.15, -0.1) is 0 Å². The van der Waals surface area contributed by atoms with Crippen LogP contribution in [0.25, 0.3) is 0 Å². The molecule has 0 bridgehead atoms. The molecule has 0 spiro atoms. The molecule has 0 aromatic heterocycles. The Kier molecular flexibility index (Phi) is 6.87. The predicted octanol–water partition coefficient (Wildman–Crippen LogP) is 2.78. The fourth-order valence-electron chi connectivity index (χ4n) is 4.39. The first kappa shape index (κ1) is 21.4. The summed E-state index contributed by atoms with van der Waals surface area (Å²) in [7, 11) is 2.17. The van der Waals surface area contributed by atoms with E-state index in [1.165, 1.54) is 5.69 Å². The first-order chi connectivity index (χ1) is 15.1. The minimum Gasteiger partial charge on any atom is -0.371 e. The van der Waals surface area contributed by atoms with Crippen LogP contribution in [0.15, 0.2) is 48.5 Å². The molecule has 2 fully saturated rings. The Morgan fingerprint density at radius 3 is 2.00 bits per heavy atom. The Labute approximate surface area is 184 Å². The topological polar surface area (TPSA) is 55.9 Å². The summed E-state index contributed by atoms with van der Waals surface area (Å²) >= 11 is 0. The monoisotopic (exact) mass is 420 g/mol. The molecule has 0 aliphatic carbocycles. The standard InChI is InChI=1S/C25H32N4O2/c1-27-14-16-29(17-15-27)24-6-2-20(3-7-24)18-26-25(31)22-10-12-28(13-11-22)23-8-4-21(19-30)5-9-23/h2-9,19,22H,10-18H2,1H3,(H,26,31). The smallest absolute Gasteiger partial charge is 0.223 e. The molecule has 0 atom stereocenters. The fraction of sp³-hybridized carbons (Fsp3) is 0.440. The number of amides is 1. The Balaban J connectivity index is 1.22. The number of carbonyl (C=O) groups is 2. The van der Waals surface area contributed by atoms with E-state index in [-0.39, 0.29) is 11.8 Å². The molecule has 31 heavy (non-hydrogen) atoms. The summed E-state index contributed by atoms with van der Waals surface area (Å²) in [6.45, 7) is 6.62. The molecule has 2 aliphatic rings. The van der Waals surface area contributed by atoms with Gasteiger partial charge in [-0.1, -0.05) is 12.1 Å². The molecule has 0 unspecified atom stereocenters. The third-order valence-corrected chi connectivity index (χ3v) is 6.53. The Bertz CT molecular complexity index is 865. The van der Waals surface area contributed by atoms with Crippen LogP contribution < -0.4 is 15.1 Å². The maximum Gasteiger partial charge on any atom is 0.223 e. The van der Waals surface area contributed by atoms with E-state index in [4.69, 9.17) is 0 Å². The van der Waals surface area contributed by atoms with Crippen molar-refractivity contribution in [2.24, 2.45) is 5.92 Å². The van der Waals surface area contributed by atoms with Crippen LogP contribution in [0.4, 0.5) is 11.4 Å². The predicted molar refractivity (Wildman–Crippen MR) is 125 cm³/mol. The van der Waals surface area contributed by atoms with Gasteiger partial charge in [0.25, 0.3) is 0 Å².